The number of rotatable bonds is 2. The van der Waals surface area contributed by atoms with Gasteiger partial charge in [-0.1, -0.05) is 6.92 Å². The summed E-state index contributed by atoms with van der Waals surface area (Å²) < 4.78 is 5.06. The van der Waals surface area contributed by atoms with Crippen molar-refractivity contribution in [1.29, 1.82) is 0 Å². The molecule has 1 heterocycles. The van der Waals surface area contributed by atoms with E-state index >= 15 is 0 Å². The van der Waals surface area contributed by atoms with Gasteiger partial charge in [0.25, 0.3) is 0 Å². The molecule has 0 aromatic heterocycles. The lowest BCUT2D eigenvalue weighted by atomic mass is 9.93. The van der Waals surface area contributed by atoms with E-state index in [1.165, 1.54) is 0 Å². The number of carbonyl (C=O) groups excluding carboxylic acids is 1. The van der Waals surface area contributed by atoms with E-state index < -0.39 is 36.4 Å². The van der Waals surface area contributed by atoms with Gasteiger partial charge >= 0.3 is 0 Å². The molecule has 5 N–H and O–H groups in total. The summed E-state index contributed by atoms with van der Waals surface area (Å²) in [5.41, 5.74) is 4.97. The van der Waals surface area contributed by atoms with Crippen LogP contribution >= 0.6 is 0 Å². The zero-order valence-corrected chi connectivity index (χ0v) is 7.83. The molecule has 0 spiro atoms. The Labute approximate surface area is 81.3 Å². The van der Waals surface area contributed by atoms with Gasteiger partial charge in [-0.05, 0) is 6.42 Å². The summed E-state index contributed by atoms with van der Waals surface area (Å²) in [5, 5.41) is 28.2. The van der Waals surface area contributed by atoms with E-state index in [1.807, 2.05) is 0 Å². The molecular weight excluding hydrogens is 190 g/mol. The summed E-state index contributed by atoms with van der Waals surface area (Å²) >= 11 is 0. The highest BCUT2D eigenvalue weighted by molar-refractivity contribution is 5.79. The Kier molecular flexibility index (Phi) is 3.43. The molecule has 1 saturated heterocycles. The minimum absolute atomic E-state index is 0.425. The number of aliphatic hydroxyl groups excluding tert-OH is 3. The van der Waals surface area contributed by atoms with E-state index in [4.69, 9.17) is 10.5 Å². The molecule has 14 heavy (non-hydrogen) atoms. The van der Waals surface area contributed by atoms with Crippen molar-refractivity contribution in [2.75, 3.05) is 0 Å². The molecule has 5 unspecified atom stereocenters. The summed E-state index contributed by atoms with van der Waals surface area (Å²) in [6, 6.07) is 0. The van der Waals surface area contributed by atoms with Crippen LogP contribution in [-0.2, 0) is 9.53 Å². The van der Waals surface area contributed by atoms with Crippen LogP contribution in [0.3, 0.4) is 0 Å². The van der Waals surface area contributed by atoms with E-state index in [0.717, 1.165) is 0 Å². The zero-order chi connectivity index (χ0) is 10.9. The van der Waals surface area contributed by atoms with Crippen LogP contribution in [0.1, 0.15) is 13.3 Å². The smallest absolute Gasteiger partial charge is 0.249 e. The van der Waals surface area contributed by atoms with Crippen molar-refractivity contribution in [3.8, 4) is 0 Å². The third kappa shape index (κ3) is 1.88. The van der Waals surface area contributed by atoms with Gasteiger partial charge in [0.1, 0.15) is 18.3 Å². The van der Waals surface area contributed by atoms with Crippen molar-refractivity contribution in [2.45, 2.75) is 43.9 Å². The van der Waals surface area contributed by atoms with Crippen LogP contribution in [0.25, 0.3) is 0 Å². The average molecular weight is 205 g/mol. The topological polar surface area (TPSA) is 113 Å². The molecule has 1 rings (SSSR count). The van der Waals surface area contributed by atoms with Crippen molar-refractivity contribution in [1.82, 2.24) is 0 Å². The van der Waals surface area contributed by atoms with Crippen LogP contribution in [0.5, 0.6) is 0 Å². The maximum Gasteiger partial charge on any atom is 0.249 e. The fourth-order valence-electron chi connectivity index (χ4n) is 1.52. The van der Waals surface area contributed by atoms with Crippen molar-refractivity contribution < 1.29 is 24.9 Å². The largest absolute Gasteiger partial charge is 0.388 e. The molecule has 5 atom stereocenters. The predicted molar refractivity (Wildman–Crippen MR) is 46.2 cm³/mol. The Hall–Kier alpha value is -0.690. The maximum atomic E-state index is 10.8. The van der Waals surface area contributed by atoms with Gasteiger partial charge in [0.2, 0.25) is 5.91 Å². The molecule has 0 bridgehead atoms. The minimum atomic E-state index is -1.47. The van der Waals surface area contributed by atoms with Crippen LogP contribution < -0.4 is 5.73 Å². The summed E-state index contributed by atoms with van der Waals surface area (Å²) in [7, 11) is 0. The number of nitrogens with two attached hydrogens (primary N) is 1. The molecule has 0 saturated carbocycles. The third-order valence-electron chi connectivity index (χ3n) is 2.40. The second kappa shape index (κ2) is 4.22. The molecule has 82 valence electrons. The van der Waals surface area contributed by atoms with Gasteiger partial charge in [0.05, 0.1) is 6.10 Å². The highest BCUT2D eigenvalue weighted by atomic mass is 16.5. The molecular formula is C8H15NO5. The van der Waals surface area contributed by atoms with Crippen LogP contribution in [0.15, 0.2) is 0 Å². The highest BCUT2D eigenvalue weighted by Gasteiger charge is 2.45. The predicted octanol–water partition coefficient (Wildman–Crippen LogP) is -2.27. The molecule has 1 fully saturated rings. The summed E-state index contributed by atoms with van der Waals surface area (Å²) in [6.45, 7) is 1.73. The molecule has 0 aromatic rings. The lowest BCUT2D eigenvalue weighted by Gasteiger charge is -2.38. The first-order valence-electron chi connectivity index (χ1n) is 4.48. The number of primary amides is 1. The summed E-state index contributed by atoms with van der Waals surface area (Å²) in [6.07, 6.45) is -5.55. The first kappa shape index (κ1) is 11.4. The van der Waals surface area contributed by atoms with Crippen molar-refractivity contribution in [3.05, 3.63) is 0 Å². The molecule has 1 aliphatic rings. The number of carbonyl (C=O) groups is 1. The average Bonchev–Trinajstić information content (AvgIpc) is 2.14. The van der Waals surface area contributed by atoms with Gasteiger partial charge in [-0.15, -0.1) is 0 Å². The van der Waals surface area contributed by atoms with Crippen LogP contribution in [0, 0.1) is 0 Å². The van der Waals surface area contributed by atoms with Gasteiger partial charge < -0.3 is 25.8 Å². The second-order valence-corrected chi connectivity index (χ2v) is 3.38. The molecule has 0 aromatic carbocycles. The van der Waals surface area contributed by atoms with E-state index in [2.05, 4.69) is 0 Å². The summed E-state index contributed by atoms with van der Waals surface area (Å²) in [5.74, 6) is -0.845. The molecule has 6 heteroatoms. The highest BCUT2D eigenvalue weighted by Crippen LogP contribution is 2.22. The number of aliphatic hydroxyl groups is 3. The van der Waals surface area contributed by atoms with E-state index in [0.29, 0.717) is 6.42 Å². The van der Waals surface area contributed by atoms with Crippen molar-refractivity contribution in [2.24, 2.45) is 5.73 Å². The van der Waals surface area contributed by atoms with Gasteiger partial charge in [-0.25, -0.2) is 0 Å². The maximum absolute atomic E-state index is 10.8. The second-order valence-electron chi connectivity index (χ2n) is 3.38. The van der Waals surface area contributed by atoms with Gasteiger partial charge in [-0.2, -0.15) is 0 Å². The zero-order valence-electron chi connectivity index (χ0n) is 7.83. The third-order valence-corrected chi connectivity index (χ3v) is 2.40. The lowest BCUT2D eigenvalue weighted by Crippen LogP contribution is -2.60. The lowest BCUT2D eigenvalue weighted by molar-refractivity contribution is -0.219. The van der Waals surface area contributed by atoms with E-state index in [-0.39, 0.29) is 0 Å². The molecule has 6 nitrogen and oxygen atoms in total. The van der Waals surface area contributed by atoms with E-state index in [9.17, 15) is 20.1 Å². The van der Waals surface area contributed by atoms with Gasteiger partial charge in [0, 0.05) is 0 Å². The molecule has 0 aliphatic carbocycles. The van der Waals surface area contributed by atoms with Crippen molar-refractivity contribution >= 4 is 5.91 Å². The number of hydrogen-bond donors (Lipinski definition) is 4. The van der Waals surface area contributed by atoms with Crippen LogP contribution in [-0.4, -0.2) is 51.7 Å². The first-order chi connectivity index (χ1) is 6.49. The number of amides is 1. The molecule has 1 amide bonds. The quantitative estimate of drug-likeness (QED) is 0.406. The molecule has 0 radical (unpaired) electrons. The monoisotopic (exact) mass is 205 g/mol. The Balaban J connectivity index is 2.78. The first-order valence-corrected chi connectivity index (χ1v) is 4.48. The van der Waals surface area contributed by atoms with E-state index in [1.54, 1.807) is 6.92 Å². The van der Waals surface area contributed by atoms with Crippen molar-refractivity contribution in [3.63, 3.8) is 0 Å². The Morgan fingerprint density at radius 2 is 1.86 bits per heavy atom. The number of hydrogen-bond acceptors (Lipinski definition) is 5. The number of ether oxygens (including phenoxy) is 1. The summed E-state index contributed by atoms with van der Waals surface area (Å²) in [4.78, 5) is 10.8. The van der Waals surface area contributed by atoms with Crippen LogP contribution in [0.2, 0.25) is 0 Å². The minimum Gasteiger partial charge on any atom is -0.388 e. The Morgan fingerprint density at radius 1 is 1.29 bits per heavy atom. The fraction of sp³-hybridized carbons (Fsp3) is 0.875. The SMILES string of the molecule is CCC1OC(C(N)=O)C(O)C(O)C1O. The Morgan fingerprint density at radius 3 is 2.29 bits per heavy atom. The Bertz CT molecular complexity index is 220. The van der Waals surface area contributed by atoms with Gasteiger partial charge in [-0.3, -0.25) is 4.79 Å². The van der Waals surface area contributed by atoms with Gasteiger partial charge in [0.15, 0.2) is 6.10 Å². The normalized spacial score (nSPS) is 43.6. The fourth-order valence-corrected chi connectivity index (χ4v) is 1.52. The standard InChI is InChI=1S/C8H15NO5/c1-2-3-4(10)5(11)6(12)7(14-3)8(9)13/h3-7,10-12H,2H2,1H3,(H2,9,13). The van der Waals surface area contributed by atoms with Crippen LogP contribution in [0.4, 0.5) is 0 Å². The molecule has 1 aliphatic heterocycles.